The number of benzene rings is 2. The third-order valence-electron chi connectivity index (χ3n) is 5.99. The smallest absolute Gasteiger partial charge is 0.260 e. The minimum absolute atomic E-state index is 0.0118. The fraction of sp³-hybridized carbons (Fsp3) is 0.500. The van der Waals surface area contributed by atoms with Gasteiger partial charge in [0.1, 0.15) is 30.0 Å². The molecule has 0 saturated heterocycles. The first-order valence-electron chi connectivity index (χ1n) is 11.3. The molecule has 2 aromatic carbocycles. The molecule has 0 amide bonds. The van der Waals surface area contributed by atoms with Gasteiger partial charge in [0.05, 0.1) is 0 Å². The molecule has 1 saturated carbocycles. The lowest BCUT2D eigenvalue weighted by Gasteiger charge is -2.42. The molecule has 0 radical (unpaired) electrons. The van der Waals surface area contributed by atoms with Crippen molar-refractivity contribution in [3.05, 3.63) is 54.6 Å². The second kappa shape index (κ2) is 11.2. The van der Waals surface area contributed by atoms with Gasteiger partial charge in [-0.15, -0.1) is 0 Å². The maximum atomic E-state index is 13.9. The third-order valence-corrected chi connectivity index (χ3v) is 9.10. The number of phenols is 1. The van der Waals surface area contributed by atoms with Gasteiger partial charge in [0.2, 0.25) is 5.47 Å². The van der Waals surface area contributed by atoms with E-state index in [0.717, 1.165) is 19.3 Å². The number of phenolic OH excluding ortho intramolecular Hbond substituents is 1. The first-order valence-corrected chi connectivity index (χ1v) is 13.0. The molecule has 3 rings (SSSR count). The Morgan fingerprint density at radius 3 is 2.34 bits per heavy atom. The lowest BCUT2D eigenvalue weighted by Crippen LogP contribution is -2.54. The molecular formula is C24H34NO6P. The zero-order valence-electron chi connectivity index (χ0n) is 18.5. The second-order valence-electron chi connectivity index (χ2n) is 8.31. The number of aliphatic hydroxyl groups excluding tert-OH is 1. The number of para-hydroxylation sites is 1. The molecule has 0 aliphatic heterocycles. The number of rotatable bonds is 11. The molecule has 176 valence electrons. The van der Waals surface area contributed by atoms with E-state index in [-0.39, 0.29) is 31.0 Å². The summed E-state index contributed by atoms with van der Waals surface area (Å²) >= 11 is 0. The molecule has 4 N–H and O–H groups in total. The Bertz CT molecular complexity index is 872. The normalized spacial score (nSPS) is 19.5. The first kappa shape index (κ1) is 24.6. The molecule has 0 spiro atoms. The number of ether oxygens (including phenoxy) is 2. The van der Waals surface area contributed by atoms with E-state index in [0.29, 0.717) is 24.3 Å². The molecule has 7 nitrogen and oxygen atoms in total. The van der Waals surface area contributed by atoms with Gasteiger partial charge in [-0.1, -0.05) is 44.4 Å². The summed E-state index contributed by atoms with van der Waals surface area (Å²) in [5, 5.41) is 23.0. The van der Waals surface area contributed by atoms with Gasteiger partial charge in [-0.2, -0.15) is 0 Å². The SMILES string of the molecule is CCC(NCC(O)COc1ccc(O)cc1)(Oc1ccccc1)P(=O)(O)C1CCCCC1. The predicted molar refractivity (Wildman–Crippen MR) is 124 cm³/mol. The van der Waals surface area contributed by atoms with Crippen LogP contribution < -0.4 is 14.8 Å². The van der Waals surface area contributed by atoms with Gasteiger partial charge in [0.25, 0.3) is 7.37 Å². The lowest BCUT2D eigenvalue weighted by molar-refractivity contribution is 0.0545. The highest BCUT2D eigenvalue weighted by Gasteiger charge is 2.53. The van der Waals surface area contributed by atoms with E-state index < -0.39 is 18.9 Å². The minimum Gasteiger partial charge on any atom is -0.508 e. The highest BCUT2D eigenvalue weighted by Crippen LogP contribution is 2.62. The van der Waals surface area contributed by atoms with E-state index in [4.69, 9.17) is 9.47 Å². The summed E-state index contributed by atoms with van der Waals surface area (Å²) in [5.41, 5.74) is -1.84. The quantitative estimate of drug-likeness (QED) is 0.288. The van der Waals surface area contributed by atoms with Crippen LogP contribution >= 0.6 is 7.37 Å². The van der Waals surface area contributed by atoms with E-state index in [9.17, 15) is 19.7 Å². The van der Waals surface area contributed by atoms with Crippen LogP contribution in [0.4, 0.5) is 0 Å². The summed E-state index contributed by atoms with van der Waals surface area (Å²) in [4.78, 5) is 11.4. The van der Waals surface area contributed by atoms with Gasteiger partial charge in [-0.3, -0.25) is 9.88 Å². The van der Waals surface area contributed by atoms with Gasteiger partial charge in [-0.25, -0.2) is 0 Å². The Morgan fingerprint density at radius 2 is 1.72 bits per heavy atom. The van der Waals surface area contributed by atoms with Crippen LogP contribution in [0.5, 0.6) is 17.2 Å². The van der Waals surface area contributed by atoms with Crippen molar-refractivity contribution in [2.45, 2.75) is 62.7 Å². The average molecular weight is 464 g/mol. The summed E-state index contributed by atoms with van der Waals surface area (Å²) in [6.07, 6.45) is 3.67. The summed E-state index contributed by atoms with van der Waals surface area (Å²) < 4.78 is 25.6. The van der Waals surface area contributed by atoms with Crippen LogP contribution in [-0.2, 0) is 4.57 Å². The molecule has 0 heterocycles. The van der Waals surface area contributed by atoms with E-state index in [1.165, 1.54) is 12.1 Å². The molecule has 1 aliphatic carbocycles. The van der Waals surface area contributed by atoms with Crippen LogP contribution in [0.2, 0.25) is 0 Å². The van der Waals surface area contributed by atoms with Crippen molar-refractivity contribution < 1.29 is 29.1 Å². The standard InChI is InChI=1S/C24H34NO6P/c1-2-24(31-22-9-5-3-6-10-22,32(28,29)23-11-7-4-8-12-23)25-17-20(27)18-30-21-15-13-19(26)14-16-21/h3,5-6,9-10,13-16,20,23,25-27H,2,4,7-8,11-12,17-18H2,1H3,(H,28,29). The maximum absolute atomic E-state index is 13.9. The van der Waals surface area contributed by atoms with Crippen LogP contribution in [0.1, 0.15) is 45.4 Å². The Hall–Kier alpha value is -2.05. The van der Waals surface area contributed by atoms with Gasteiger partial charge < -0.3 is 24.6 Å². The zero-order chi connectivity index (χ0) is 23.0. The summed E-state index contributed by atoms with van der Waals surface area (Å²) in [5.74, 6) is 1.15. The molecule has 0 bridgehead atoms. The molecule has 2 aromatic rings. The fourth-order valence-corrected chi connectivity index (χ4v) is 6.78. The van der Waals surface area contributed by atoms with Crippen LogP contribution in [0, 0.1) is 0 Å². The van der Waals surface area contributed by atoms with Crippen molar-refractivity contribution >= 4 is 7.37 Å². The third kappa shape index (κ3) is 6.04. The van der Waals surface area contributed by atoms with Crippen molar-refractivity contribution in [2.24, 2.45) is 0 Å². The van der Waals surface area contributed by atoms with Gasteiger partial charge in [-0.05, 0) is 49.2 Å². The Labute approximate surface area is 189 Å². The number of hydrogen-bond donors (Lipinski definition) is 4. The van der Waals surface area contributed by atoms with Gasteiger partial charge >= 0.3 is 0 Å². The molecule has 1 fully saturated rings. The number of aromatic hydroxyl groups is 1. The lowest BCUT2D eigenvalue weighted by atomic mass is 10.0. The maximum Gasteiger partial charge on any atom is 0.260 e. The molecule has 3 unspecified atom stereocenters. The van der Waals surface area contributed by atoms with Crippen LogP contribution in [0.25, 0.3) is 0 Å². The first-order chi connectivity index (χ1) is 15.4. The van der Waals surface area contributed by atoms with E-state index in [2.05, 4.69) is 5.32 Å². The number of hydrogen-bond acceptors (Lipinski definition) is 6. The van der Waals surface area contributed by atoms with Crippen molar-refractivity contribution in [3.8, 4) is 17.2 Å². The second-order valence-corrected chi connectivity index (χ2v) is 11.0. The van der Waals surface area contributed by atoms with Crippen molar-refractivity contribution in [2.75, 3.05) is 13.2 Å². The molecule has 3 atom stereocenters. The Kier molecular flexibility index (Phi) is 8.60. The van der Waals surface area contributed by atoms with Gasteiger partial charge in [0.15, 0.2) is 0 Å². The molecule has 32 heavy (non-hydrogen) atoms. The number of nitrogens with one attached hydrogen (secondary N) is 1. The number of aliphatic hydroxyl groups is 1. The zero-order valence-corrected chi connectivity index (χ0v) is 19.4. The summed E-state index contributed by atoms with van der Waals surface area (Å²) in [6, 6.07) is 15.2. The van der Waals surface area contributed by atoms with E-state index in [1.54, 1.807) is 24.3 Å². The van der Waals surface area contributed by atoms with Crippen LogP contribution in [-0.4, -0.2) is 45.5 Å². The minimum atomic E-state index is -3.83. The Morgan fingerprint density at radius 1 is 1.06 bits per heavy atom. The monoisotopic (exact) mass is 463 g/mol. The molecule has 8 heteroatoms. The highest BCUT2D eigenvalue weighted by atomic mass is 31.2. The van der Waals surface area contributed by atoms with Crippen molar-refractivity contribution in [1.29, 1.82) is 0 Å². The highest BCUT2D eigenvalue weighted by molar-refractivity contribution is 7.60. The molecule has 0 aromatic heterocycles. The van der Waals surface area contributed by atoms with E-state index >= 15 is 0 Å². The van der Waals surface area contributed by atoms with Gasteiger partial charge in [0, 0.05) is 18.6 Å². The van der Waals surface area contributed by atoms with Crippen LogP contribution in [0.15, 0.2) is 54.6 Å². The topological polar surface area (TPSA) is 108 Å². The summed E-state index contributed by atoms with van der Waals surface area (Å²) in [7, 11) is -3.83. The van der Waals surface area contributed by atoms with Crippen molar-refractivity contribution in [1.82, 2.24) is 5.32 Å². The Balaban J connectivity index is 1.73. The van der Waals surface area contributed by atoms with E-state index in [1.807, 2.05) is 25.1 Å². The average Bonchev–Trinajstić information content (AvgIpc) is 2.82. The van der Waals surface area contributed by atoms with Crippen molar-refractivity contribution in [3.63, 3.8) is 0 Å². The largest absolute Gasteiger partial charge is 0.508 e. The molecule has 1 aliphatic rings. The predicted octanol–water partition coefficient (Wildman–Crippen LogP) is 4.47. The fourth-order valence-electron chi connectivity index (χ4n) is 4.12. The molecular weight excluding hydrogens is 429 g/mol. The summed E-state index contributed by atoms with van der Waals surface area (Å²) in [6.45, 7) is 1.83. The van der Waals surface area contributed by atoms with Crippen LogP contribution in [0.3, 0.4) is 0 Å².